The van der Waals surface area contributed by atoms with Gasteiger partial charge in [-0.15, -0.1) is 0 Å². The zero-order chi connectivity index (χ0) is 14.8. The molecule has 0 aliphatic carbocycles. The number of aromatic nitrogens is 3. The van der Waals surface area contributed by atoms with Gasteiger partial charge in [0.1, 0.15) is 5.82 Å². The quantitative estimate of drug-likeness (QED) is 0.428. The fourth-order valence-corrected chi connectivity index (χ4v) is 2.07. The normalized spacial score (nSPS) is 10.7. The van der Waals surface area contributed by atoms with Crippen molar-refractivity contribution < 1.29 is 4.92 Å². The molecule has 8 heteroatoms. The summed E-state index contributed by atoms with van der Waals surface area (Å²) in [4.78, 5) is 14.6. The SMILES string of the molecule is NNc1ccc(Cn2ncc3ccc([N+](=O)[O-])cc32)cn1. The molecule has 0 aliphatic rings. The summed E-state index contributed by atoms with van der Waals surface area (Å²) in [5.41, 5.74) is 4.14. The van der Waals surface area contributed by atoms with Crippen molar-refractivity contribution in [3.8, 4) is 0 Å². The third kappa shape index (κ3) is 2.51. The van der Waals surface area contributed by atoms with E-state index in [0.29, 0.717) is 17.9 Å². The first-order valence-corrected chi connectivity index (χ1v) is 6.19. The predicted molar refractivity (Wildman–Crippen MR) is 77.5 cm³/mol. The highest BCUT2D eigenvalue weighted by atomic mass is 16.6. The molecule has 106 valence electrons. The summed E-state index contributed by atoms with van der Waals surface area (Å²) in [7, 11) is 0. The first-order valence-electron chi connectivity index (χ1n) is 6.19. The number of nitrogens with one attached hydrogen (secondary N) is 1. The third-order valence-corrected chi connectivity index (χ3v) is 3.14. The lowest BCUT2D eigenvalue weighted by Crippen LogP contribution is -2.09. The molecule has 0 amide bonds. The van der Waals surface area contributed by atoms with Gasteiger partial charge >= 0.3 is 0 Å². The van der Waals surface area contributed by atoms with Crippen molar-refractivity contribution in [2.75, 3.05) is 5.43 Å². The van der Waals surface area contributed by atoms with Crippen LogP contribution in [-0.4, -0.2) is 19.7 Å². The smallest absolute Gasteiger partial charge is 0.271 e. The zero-order valence-corrected chi connectivity index (χ0v) is 10.9. The molecule has 0 radical (unpaired) electrons. The molecule has 3 rings (SSSR count). The number of hydrogen-bond donors (Lipinski definition) is 2. The Morgan fingerprint density at radius 2 is 2.14 bits per heavy atom. The van der Waals surface area contributed by atoms with Crippen LogP contribution in [0.2, 0.25) is 0 Å². The Balaban J connectivity index is 1.95. The molecule has 0 fully saturated rings. The standard InChI is InChI=1S/C13H12N6O2/c14-17-13-4-1-9(6-15-13)8-18-12-5-11(19(20)21)3-2-10(12)7-16-18/h1-7H,8,14H2,(H,15,17). The second-order valence-electron chi connectivity index (χ2n) is 4.50. The Kier molecular flexibility index (Phi) is 3.20. The summed E-state index contributed by atoms with van der Waals surface area (Å²) >= 11 is 0. The van der Waals surface area contributed by atoms with Crippen LogP contribution >= 0.6 is 0 Å². The summed E-state index contributed by atoms with van der Waals surface area (Å²) in [5, 5.41) is 16.0. The van der Waals surface area contributed by atoms with Crippen molar-refractivity contribution in [2.45, 2.75) is 6.54 Å². The van der Waals surface area contributed by atoms with E-state index >= 15 is 0 Å². The fraction of sp³-hybridized carbons (Fsp3) is 0.0769. The number of pyridine rings is 1. The molecule has 0 spiro atoms. The Bertz CT molecular complexity index is 796. The summed E-state index contributed by atoms with van der Waals surface area (Å²) in [6, 6.07) is 8.30. The Labute approximate surface area is 119 Å². The molecule has 0 bridgehead atoms. The van der Waals surface area contributed by atoms with Crippen molar-refractivity contribution in [1.29, 1.82) is 0 Å². The summed E-state index contributed by atoms with van der Waals surface area (Å²) in [6.07, 6.45) is 3.36. The number of nitro benzene ring substituents is 1. The molecule has 0 unspecified atom stereocenters. The lowest BCUT2D eigenvalue weighted by Gasteiger charge is -2.05. The van der Waals surface area contributed by atoms with E-state index in [2.05, 4.69) is 15.5 Å². The highest BCUT2D eigenvalue weighted by Crippen LogP contribution is 2.21. The van der Waals surface area contributed by atoms with E-state index in [9.17, 15) is 10.1 Å². The minimum atomic E-state index is -0.417. The van der Waals surface area contributed by atoms with Gasteiger partial charge in [0.15, 0.2) is 0 Å². The van der Waals surface area contributed by atoms with Crippen LogP contribution in [0, 0.1) is 10.1 Å². The van der Waals surface area contributed by atoms with E-state index < -0.39 is 4.92 Å². The molecule has 1 aromatic carbocycles. The molecule has 21 heavy (non-hydrogen) atoms. The number of anilines is 1. The van der Waals surface area contributed by atoms with Crippen LogP contribution in [0.25, 0.3) is 10.9 Å². The van der Waals surface area contributed by atoms with E-state index in [1.807, 2.05) is 6.07 Å². The highest BCUT2D eigenvalue weighted by Gasteiger charge is 2.10. The Morgan fingerprint density at radius 1 is 1.29 bits per heavy atom. The van der Waals surface area contributed by atoms with Crippen molar-refractivity contribution in [3.63, 3.8) is 0 Å². The number of hydrogen-bond acceptors (Lipinski definition) is 6. The van der Waals surface area contributed by atoms with Gasteiger partial charge in [-0.1, -0.05) is 6.07 Å². The van der Waals surface area contributed by atoms with Crippen LogP contribution in [0.1, 0.15) is 5.56 Å². The van der Waals surface area contributed by atoms with Gasteiger partial charge in [-0.3, -0.25) is 14.8 Å². The van der Waals surface area contributed by atoms with Crippen molar-refractivity contribution in [3.05, 3.63) is 58.4 Å². The summed E-state index contributed by atoms with van der Waals surface area (Å²) in [5.74, 6) is 5.83. The van der Waals surface area contributed by atoms with Gasteiger partial charge in [0.05, 0.1) is 23.2 Å². The fourth-order valence-electron chi connectivity index (χ4n) is 2.07. The number of nitrogens with two attached hydrogens (primary N) is 1. The van der Waals surface area contributed by atoms with Gasteiger partial charge in [0.25, 0.3) is 5.69 Å². The van der Waals surface area contributed by atoms with E-state index in [1.165, 1.54) is 12.1 Å². The number of hydrazine groups is 1. The predicted octanol–water partition coefficient (Wildman–Crippen LogP) is 1.67. The first-order chi connectivity index (χ1) is 10.2. The van der Waals surface area contributed by atoms with Crippen LogP contribution < -0.4 is 11.3 Å². The molecule has 2 heterocycles. The third-order valence-electron chi connectivity index (χ3n) is 3.14. The lowest BCUT2D eigenvalue weighted by molar-refractivity contribution is -0.384. The van der Waals surface area contributed by atoms with Gasteiger partial charge in [0.2, 0.25) is 0 Å². The van der Waals surface area contributed by atoms with E-state index in [-0.39, 0.29) is 5.69 Å². The Hall–Kier alpha value is -3.00. The number of non-ortho nitro benzene ring substituents is 1. The number of fused-ring (bicyclic) bond motifs is 1. The van der Waals surface area contributed by atoms with Crippen LogP contribution in [0.5, 0.6) is 0 Å². The van der Waals surface area contributed by atoms with Crippen LogP contribution in [0.3, 0.4) is 0 Å². The average molecular weight is 284 g/mol. The van der Waals surface area contributed by atoms with Crippen molar-refractivity contribution >= 4 is 22.4 Å². The molecule has 3 N–H and O–H groups in total. The maximum atomic E-state index is 10.9. The van der Waals surface area contributed by atoms with E-state index in [0.717, 1.165) is 10.9 Å². The monoisotopic (exact) mass is 284 g/mol. The van der Waals surface area contributed by atoms with Gasteiger partial charge in [-0.25, -0.2) is 10.8 Å². The largest absolute Gasteiger partial charge is 0.308 e. The lowest BCUT2D eigenvalue weighted by atomic mass is 10.2. The zero-order valence-electron chi connectivity index (χ0n) is 10.9. The van der Waals surface area contributed by atoms with Gasteiger partial charge in [-0.2, -0.15) is 5.10 Å². The number of benzene rings is 1. The van der Waals surface area contributed by atoms with Crippen LogP contribution in [0.4, 0.5) is 11.5 Å². The van der Waals surface area contributed by atoms with E-state index in [4.69, 9.17) is 5.84 Å². The summed E-state index contributed by atoms with van der Waals surface area (Å²) < 4.78 is 1.70. The van der Waals surface area contributed by atoms with Gasteiger partial charge in [0, 0.05) is 23.7 Å². The molecule has 8 nitrogen and oxygen atoms in total. The highest BCUT2D eigenvalue weighted by molar-refractivity contribution is 5.81. The number of nitrogen functional groups attached to an aromatic ring is 1. The van der Waals surface area contributed by atoms with Gasteiger partial charge in [-0.05, 0) is 17.7 Å². The summed E-state index contributed by atoms with van der Waals surface area (Å²) in [6.45, 7) is 0.475. The topological polar surface area (TPSA) is 112 Å². The molecule has 3 aromatic rings. The maximum Gasteiger partial charge on any atom is 0.271 e. The molecular formula is C13H12N6O2. The molecule has 0 aliphatic heterocycles. The average Bonchev–Trinajstić information content (AvgIpc) is 2.90. The van der Waals surface area contributed by atoms with Crippen LogP contribution in [-0.2, 0) is 6.54 Å². The molecule has 2 aromatic heterocycles. The minimum absolute atomic E-state index is 0.0463. The van der Waals surface area contributed by atoms with Crippen LogP contribution in [0.15, 0.2) is 42.7 Å². The second kappa shape index (κ2) is 5.17. The Morgan fingerprint density at radius 3 is 2.81 bits per heavy atom. The number of nitrogens with zero attached hydrogens (tertiary/aromatic N) is 4. The van der Waals surface area contributed by atoms with Gasteiger partial charge < -0.3 is 5.43 Å². The number of rotatable bonds is 4. The molecule has 0 saturated carbocycles. The second-order valence-corrected chi connectivity index (χ2v) is 4.50. The van der Waals surface area contributed by atoms with E-state index in [1.54, 1.807) is 29.2 Å². The molecule has 0 saturated heterocycles. The molecular weight excluding hydrogens is 272 g/mol. The maximum absolute atomic E-state index is 10.9. The molecule has 0 atom stereocenters. The number of nitro groups is 1. The van der Waals surface area contributed by atoms with Crippen molar-refractivity contribution in [1.82, 2.24) is 14.8 Å². The first kappa shape index (κ1) is 13.0. The van der Waals surface area contributed by atoms with Crippen molar-refractivity contribution in [2.24, 2.45) is 5.84 Å². The minimum Gasteiger partial charge on any atom is -0.308 e.